The zero-order chi connectivity index (χ0) is 28.4. The maximum atomic E-state index is 12.9. The fraction of sp³-hybridized carbons (Fsp3) is 0.935. The largest absolute Gasteiger partial charge is 0.436 e. The van der Waals surface area contributed by atoms with Crippen molar-refractivity contribution in [3.8, 4) is 0 Å². The third-order valence-electron chi connectivity index (χ3n) is 11.6. The Balaban J connectivity index is 1.34. The van der Waals surface area contributed by atoms with E-state index in [-0.39, 0.29) is 24.7 Å². The fourth-order valence-electron chi connectivity index (χ4n) is 9.32. The van der Waals surface area contributed by atoms with Crippen molar-refractivity contribution in [1.29, 1.82) is 0 Å². The Morgan fingerprint density at radius 1 is 1.00 bits per heavy atom. The highest BCUT2D eigenvalue weighted by Gasteiger charge is 2.60. The number of nitrogens with one attached hydrogen (secondary N) is 1. The first-order chi connectivity index (χ1) is 18.4. The summed E-state index contributed by atoms with van der Waals surface area (Å²) in [5.74, 6) is 3.28. The number of amides is 1. The molecule has 0 unspecified atom stereocenters. The van der Waals surface area contributed by atoms with Gasteiger partial charge in [-0.05, 0) is 99.2 Å². The second-order valence-electron chi connectivity index (χ2n) is 14.8. The number of rotatable bonds is 10. The van der Waals surface area contributed by atoms with Crippen LogP contribution in [-0.4, -0.2) is 98.0 Å². The van der Waals surface area contributed by atoms with E-state index in [4.69, 9.17) is 4.84 Å². The first-order valence-electron chi connectivity index (χ1n) is 15.7. The van der Waals surface area contributed by atoms with E-state index in [1.165, 1.54) is 38.5 Å². The van der Waals surface area contributed by atoms with Crippen molar-refractivity contribution in [3.05, 3.63) is 0 Å². The monoisotopic (exact) mass is 549 g/mol. The summed E-state index contributed by atoms with van der Waals surface area (Å²) >= 11 is 0. The Morgan fingerprint density at radius 2 is 1.72 bits per heavy atom. The number of aliphatic hydroxyl groups excluding tert-OH is 2. The summed E-state index contributed by atoms with van der Waals surface area (Å²) in [4.78, 5) is 19.9. The van der Waals surface area contributed by atoms with Crippen LogP contribution in [0.3, 0.4) is 0 Å². The molecule has 39 heavy (non-hydrogen) atoms. The number of carbonyl (C=O) groups is 1. The maximum Gasteiger partial charge on any atom is 0.436 e. The van der Waals surface area contributed by atoms with Gasteiger partial charge in [-0.3, -0.25) is 4.84 Å². The summed E-state index contributed by atoms with van der Waals surface area (Å²) in [6.45, 7) is 10.2. The first kappa shape index (κ1) is 30.7. The zero-order valence-electron chi connectivity index (χ0n) is 25.6. The number of carbonyl (C=O) groups excluding carboxylic acids is 1. The van der Waals surface area contributed by atoms with Gasteiger partial charge in [-0.25, -0.2) is 4.79 Å². The molecule has 8 heteroatoms. The Bertz CT molecular complexity index is 875. The summed E-state index contributed by atoms with van der Waals surface area (Å²) in [5.41, 5.74) is 1.54. The molecule has 4 saturated carbocycles. The van der Waals surface area contributed by atoms with Gasteiger partial charge in [0.25, 0.3) is 0 Å². The molecule has 3 N–H and O–H groups in total. The summed E-state index contributed by atoms with van der Waals surface area (Å²) in [6.07, 6.45) is 9.98. The quantitative estimate of drug-likeness (QED) is 0.125. The van der Waals surface area contributed by atoms with Crippen LogP contribution in [0.1, 0.15) is 78.6 Å². The van der Waals surface area contributed by atoms with Crippen molar-refractivity contribution < 1.29 is 24.3 Å². The van der Waals surface area contributed by atoms with Gasteiger partial charge in [-0.2, -0.15) is 0 Å². The maximum absolute atomic E-state index is 12.9. The van der Waals surface area contributed by atoms with Crippen molar-refractivity contribution in [2.45, 2.75) is 84.7 Å². The van der Waals surface area contributed by atoms with E-state index in [1.54, 1.807) is 4.90 Å². The lowest BCUT2D eigenvalue weighted by Crippen LogP contribution is -2.54. The minimum Gasteiger partial charge on any atom is -0.395 e. The van der Waals surface area contributed by atoms with Crippen LogP contribution in [0.15, 0.2) is 5.16 Å². The molecule has 0 radical (unpaired) electrons. The van der Waals surface area contributed by atoms with E-state index >= 15 is 0 Å². The number of quaternary nitrogens is 1. The Kier molecular flexibility index (Phi) is 9.72. The molecular formula is C31H57N4O4+. The van der Waals surface area contributed by atoms with Gasteiger partial charge in [0.15, 0.2) is 0 Å². The number of oxime groups is 1. The molecule has 0 saturated heterocycles. The molecule has 0 aromatic rings. The molecule has 0 spiro atoms. The second kappa shape index (κ2) is 12.3. The van der Waals surface area contributed by atoms with Crippen LogP contribution in [-0.2, 0) is 4.84 Å². The summed E-state index contributed by atoms with van der Waals surface area (Å²) < 4.78 is 0.885. The topological polar surface area (TPSA) is 94.4 Å². The molecule has 224 valence electrons. The highest BCUT2D eigenvalue weighted by atomic mass is 16.7. The second-order valence-corrected chi connectivity index (χ2v) is 14.8. The van der Waals surface area contributed by atoms with Gasteiger partial charge >= 0.3 is 6.09 Å². The summed E-state index contributed by atoms with van der Waals surface area (Å²) in [5, 5.41) is 27.6. The molecule has 0 aliphatic heterocycles. The van der Waals surface area contributed by atoms with Crippen LogP contribution in [0.5, 0.6) is 0 Å². The minimum absolute atomic E-state index is 0.0942. The van der Waals surface area contributed by atoms with Crippen LogP contribution in [0, 0.1) is 40.4 Å². The fourth-order valence-corrected chi connectivity index (χ4v) is 9.32. The zero-order valence-corrected chi connectivity index (χ0v) is 25.6. The number of nitrogens with zero attached hydrogens (tertiary/aromatic N) is 3. The molecule has 4 fully saturated rings. The molecule has 0 aromatic carbocycles. The molecule has 1 amide bonds. The molecule has 8 atom stereocenters. The van der Waals surface area contributed by atoms with Gasteiger partial charge < -0.3 is 24.9 Å². The lowest BCUT2D eigenvalue weighted by molar-refractivity contribution is -0.869. The number of aliphatic hydroxyl groups is 2. The lowest BCUT2D eigenvalue weighted by Gasteiger charge is -2.61. The van der Waals surface area contributed by atoms with E-state index < -0.39 is 6.09 Å². The van der Waals surface area contributed by atoms with Crippen LogP contribution in [0.2, 0.25) is 0 Å². The van der Waals surface area contributed by atoms with E-state index in [9.17, 15) is 15.0 Å². The van der Waals surface area contributed by atoms with E-state index in [2.05, 4.69) is 45.5 Å². The van der Waals surface area contributed by atoms with Crippen LogP contribution in [0.25, 0.3) is 0 Å². The van der Waals surface area contributed by atoms with Gasteiger partial charge in [-0.1, -0.05) is 19.0 Å². The van der Waals surface area contributed by atoms with Gasteiger partial charge in [0.1, 0.15) is 0 Å². The predicted molar refractivity (Wildman–Crippen MR) is 155 cm³/mol. The molecule has 4 rings (SSSR count). The minimum atomic E-state index is -0.481. The van der Waals surface area contributed by atoms with E-state index in [0.717, 1.165) is 54.4 Å². The Hall–Kier alpha value is -1.22. The molecule has 4 aliphatic carbocycles. The van der Waals surface area contributed by atoms with Crippen molar-refractivity contribution in [3.63, 3.8) is 0 Å². The third-order valence-corrected chi connectivity index (χ3v) is 11.6. The van der Waals surface area contributed by atoms with Crippen molar-refractivity contribution >= 4 is 11.8 Å². The van der Waals surface area contributed by atoms with Gasteiger partial charge in [0.05, 0.1) is 46.1 Å². The normalized spacial score (nSPS) is 38.5. The van der Waals surface area contributed by atoms with Crippen molar-refractivity contribution in [2.75, 3.05) is 60.5 Å². The number of hydrogen-bond acceptors (Lipinski definition) is 6. The predicted octanol–water partition coefficient (Wildman–Crippen LogP) is 4.11. The third kappa shape index (κ3) is 6.65. The molecular weight excluding hydrogens is 492 g/mol. The SMILES string of the molecule is C/C(=N\OC(=O)N(CCO)CCNCC[N+](C)(C)C)[C@H]1CC[C@H]2[C@@H]3CC[C@@H]4C[C@H](O)CC[C@]4(C)[C@H]3CC[C@]12C. The van der Waals surface area contributed by atoms with E-state index in [1.807, 2.05) is 6.92 Å². The lowest BCUT2D eigenvalue weighted by atomic mass is 9.44. The molecule has 0 heterocycles. The highest BCUT2D eigenvalue weighted by molar-refractivity contribution is 5.85. The van der Waals surface area contributed by atoms with Crippen molar-refractivity contribution in [1.82, 2.24) is 10.2 Å². The van der Waals surface area contributed by atoms with Gasteiger partial charge in [0, 0.05) is 32.1 Å². The van der Waals surface area contributed by atoms with Crippen LogP contribution >= 0.6 is 0 Å². The molecule has 4 aliphatic rings. The van der Waals surface area contributed by atoms with Gasteiger partial charge in [0.2, 0.25) is 0 Å². The Morgan fingerprint density at radius 3 is 2.44 bits per heavy atom. The molecule has 0 bridgehead atoms. The highest BCUT2D eigenvalue weighted by Crippen LogP contribution is 2.67. The molecule has 8 nitrogen and oxygen atoms in total. The standard InChI is InChI=1S/C31H57N4O4/c1-22(33-39-29(38)34(18-20-36)17-15-32-16-19-35(4,5)6)26-9-10-27-25-8-7-23-21-24(37)11-13-30(23,2)28(25)12-14-31(26,27)3/h23-28,32,36-37H,7-21H2,1-6H3/q+1/b33-22+/t23-,24-,25+,26-,27+,28+,30+,31-/m1/s1. The van der Waals surface area contributed by atoms with Crippen LogP contribution < -0.4 is 5.32 Å². The van der Waals surface area contributed by atoms with E-state index in [0.29, 0.717) is 36.3 Å². The number of hydrogen-bond donors (Lipinski definition) is 3. The van der Waals surface area contributed by atoms with Crippen LogP contribution in [0.4, 0.5) is 4.79 Å². The average molecular weight is 550 g/mol. The average Bonchev–Trinajstić information content (AvgIpc) is 3.23. The number of fused-ring (bicyclic) bond motifs is 5. The number of likely N-dealkylation sites (N-methyl/N-ethyl adjacent to an activating group) is 1. The van der Waals surface area contributed by atoms with Crippen molar-refractivity contribution in [2.24, 2.45) is 45.6 Å². The summed E-state index contributed by atoms with van der Waals surface area (Å²) in [7, 11) is 6.47. The first-order valence-corrected chi connectivity index (χ1v) is 15.7. The Labute approximate surface area is 237 Å². The van der Waals surface area contributed by atoms with Gasteiger partial charge in [-0.15, -0.1) is 0 Å². The summed E-state index contributed by atoms with van der Waals surface area (Å²) in [6, 6.07) is 0. The molecule has 0 aromatic heterocycles. The smallest absolute Gasteiger partial charge is 0.395 e.